The van der Waals surface area contributed by atoms with Crippen LogP contribution in [-0.2, 0) is 6.42 Å². The van der Waals surface area contributed by atoms with Crippen LogP contribution in [0.3, 0.4) is 0 Å². The first-order chi connectivity index (χ1) is 9.69. The summed E-state index contributed by atoms with van der Waals surface area (Å²) in [5.74, 6) is 5.54. The van der Waals surface area contributed by atoms with E-state index in [0.717, 1.165) is 17.5 Å². The highest BCUT2D eigenvalue weighted by atomic mass is 32.2. The van der Waals surface area contributed by atoms with Gasteiger partial charge in [-0.15, -0.1) is 11.8 Å². The second-order valence-electron chi connectivity index (χ2n) is 5.11. The Labute approximate surface area is 122 Å². The molecule has 2 nitrogen and oxygen atoms in total. The highest BCUT2D eigenvalue weighted by Gasteiger charge is 2.30. The number of hydrogen-bond donors (Lipinski definition) is 2. The molecule has 0 aromatic heterocycles. The maximum Gasteiger partial charge on any atom is 0.123 e. The molecule has 0 spiro atoms. The molecule has 0 saturated carbocycles. The first-order valence-corrected chi connectivity index (χ1v) is 7.54. The lowest BCUT2D eigenvalue weighted by atomic mass is 9.95. The molecule has 0 amide bonds. The van der Waals surface area contributed by atoms with Gasteiger partial charge in [-0.05, 0) is 48.2 Å². The van der Waals surface area contributed by atoms with Crippen LogP contribution in [-0.4, -0.2) is 5.25 Å². The predicted octanol–water partition coefficient (Wildman–Crippen LogP) is 3.36. The van der Waals surface area contributed by atoms with Crippen molar-refractivity contribution in [1.29, 1.82) is 0 Å². The molecule has 0 fully saturated rings. The van der Waals surface area contributed by atoms with Crippen LogP contribution in [0.15, 0.2) is 47.4 Å². The highest BCUT2D eigenvalue weighted by molar-refractivity contribution is 8.00. The van der Waals surface area contributed by atoms with Gasteiger partial charge < -0.3 is 0 Å². The van der Waals surface area contributed by atoms with E-state index >= 15 is 0 Å². The van der Waals surface area contributed by atoms with Gasteiger partial charge in [0.1, 0.15) is 5.82 Å². The third-order valence-corrected chi connectivity index (χ3v) is 5.19. The van der Waals surface area contributed by atoms with Crippen molar-refractivity contribution in [3.8, 4) is 0 Å². The topological polar surface area (TPSA) is 38.0 Å². The maximum atomic E-state index is 13.5. The Morgan fingerprint density at radius 1 is 1.30 bits per heavy atom. The van der Waals surface area contributed by atoms with Crippen molar-refractivity contribution in [3.05, 3.63) is 65.0 Å². The normalized spacial score (nSPS) is 18.9. The van der Waals surface area contributed by atoms with Crippen molar-refractivity contribution in [1.82, 2.24) is 5.43 Å². The monoisotopic (exact) mass is 288 g/mol. The Hall–Kier alpha value is -1.36. The van der Waals surface area contributed by atoms with Gasteiger partial charge >= 0.3 is 0 Å². The molecule has 2 atom stereocenters. The molecular weight excluding hydrogens is 271 g/mol. The van der Waals surface area contributed by atoms with Crippen molar-refractivity contribution in [3.63, 3.8) is 0 Å². The second kappa shape index (κ2) is 5.56. The fourth-order valence-corrected chi connectivity index (χ4v) is 4.15. The SMILES string of the molecule is Cc1ccc(F)cc1C(NN)C1Cc2ccccc2S1. The first kappa shape index (κ1) is 13.6. The van der Waals surface area contributed by atoms with Crippen LogP contribution in [0, 0.1) is 12.7 Å². The van der Waals surface area contributed by atoms with Gasteiger partial charge in [0.15, 0.2) is 0 Å². The third-order valence-electron chi connectivity index (χ3n) is 3.80. The van der Waals surface area contributed by atoms with Crippen molar-refractivity contribution in [2.75, 3.05) is 0 Å². The van der Waals surface area contributed by atoms with E-state index in [9.17, 15) is 4.39 Å². The molecule has 104 valence electrons. The molecule has 0 saturated heterocycles. The standard InChI is InChI=1S/C16H17FN2S/c1-10-6-7-12(17)9-13(10)16(19-18)15-8-11-4-2-3-5-14(11)20-15/h2-7,9,15-16,19H,8,18H2,1H3. The molecule has 3 rings (SSSR count). The predicted molar refractivity (Wildman–Crippen MR) is 81.0 cm³/mol. The smallest absolute Gasteiger partial charge is 0.123 e. The Balaban J connectivity index is 1.91. The van der Waals surface area contributed by atoms with E-state index in [2.05, 4.69) is 23.6 Å². The average molecular weight is 288 g/mol. The second-order valence-corrected chi connectivity index (χ2v) is 6.39. The van der Waals surface area contributed by atoms with Gasteiger partial charge in [0.2, 0.25) is 0 Å². The van der Waals surface area contributed by atoms with Crippen molar-refractivity contribution < 1.29 is 4.39 Å². The number of rotatable bonds is 3. The lowest BCUT2D eigenvalue weighted by Crippen LogP contribution is -2.35. The van der Waals surface area contributed by atoms with E-state index in [4.69, 9.17) is 5.84 Å². The van der Waals surface area contributed by atoms with Crippen LogP contribution in [0.1, 0.15) is 22.7 Å². The minimum atomic E-state index is -0.216. The number of hydrogen-bond acceptors (Lipinski definition) is 3. The van der Waals surface area contributed by atoms with Crippen molar-refractivity contribution >= 4 is 11.8 Å². The van der Waals surface area contributed by atoms with Crippen molar-refractivity contribution in [2.24, 2.45) is 5.84 Å². The van der Waals surface area contributed by atoms with Crippen LogP contribution in [0.5, 0.6) is 0 Å². The van der Waals surface area contributed by atoms with Crippen LogP contribution < -0.4 is 11.3 Å². The van der Waals surface area contributed by atoms with Gasteiger partial charge in [-0.3, -0.25) is 11.3 Å². The van der Waals surface area contributed by atoms with E-state index in [1.807, 2.05) is 30.8 Å². The average Bonchev–Trinajstić information content (AvgIpc) is 2.87. The number of hydrazine groups is 1. The maximum absolute atomic E-state index is 13.5. The van der Waals surface area contributed by atoms with E-state index < -0.39 is 0 Å². The fourth-order valence-electron chi connectivity index (χ4n) is 2.74. The Bertz CT molecular complexity index is 605. The van der Waals surface area contributed by atoms with E-state index in [-0.39, 0.29) is 17.1 Å². The summed E-state index contributed by atoms with van der Waals surface area (Å²) in [5, 5.41) is 0.290. The van der Waals surface area contributed by atoms with Gasteiger partial charge in [-0.1, -0.05) is 24.3 Å². The van der Waals surface area contributed by atoms with Crippen LogP contribution in [0.4, 0.5) is 4.39 Å². The van der Waals surface area contributed by atoms with Gasteiger partial charge in [0, 0.05) is 10.1 Å². The molecule has 20 heavy (non-hydrogen) atoms. The van der Waals surface area contributed by atoms with Crippen molar-refractivity contribution in [2.45, 2.75) is 29.5 Å². The lowest BCUT2D eigenvalue weighted by molar-refractivity contribution is 0.525. The molecule has 1 heterocycles. The molecule has 1 aliphatic heterocycles. The number of nitrogens with one attached hydrogen (secondary N) is 1. The van der Waals surface area contributed by atoms with Gasteiger partial charge in [0.25, 0.3) is 0 Å². The molecular formula is C16H17FN2S. The summed E-state index contributed by atoms with van der Waals surface area (Å²) < 4.78 is 13.5. The summed E-state index contributed by atoms with van der Waals surface area (Å²) in [7, 11) is 0. The summed E-state index contributed by atoms with van der Waals surface area (Å²) in [6.45, 7) is 1.99. The van der Waals surface area contributed by atoms with Gasteiger partial charge in [-0.25, -0.2) is 4.39 Å². The zero-order chi connectivity index (χ0) is 14.1. The van der Waals surface area contributed by atoms with Crippen LogP contribution in [0.25, 0.3) is 0 Å². The molecule has 2 aromatic rings. The molecule has 0 radical (unpaired) electrons. The molecule has 2 aromatic carbocycles. The largest absolute Gasteiger partial charge is 0.271 e. The Kier molecular flexibility index (Phi) is 3.78. The number of aryl methyl sites for hydroxylation is 1. The molecule has 2 unspecified atom stereocenters. The molecule has 0 aliphatic carbocycles. The van der Waals surface area contributed by atoms with Crippen LogP contribution >= 0.6 is 11.8 Å². The number of thioether (sulfide) groups is 1. The van der Waals surface area contributed by atoms with Gasteiger partial charge in [-0.2, -0.15) is 0 Å². The summed E-state index contributed by atoms with van der Waals surface area (Å²) in [5.41, 5.74) is 6.22. The first-order valence-electron chi connectivity index (χ1n) is 6.66. The highest BCUT2D eigenvalue weighted by Crippen LogP contribution is 2.42. The summed E-state index contributed by atoms with van der Waals surface area (Å²) in [6.07, 6.45) is 0.950. The number of halogens is 1. The quantitative estimate of drug-likeness (QED) is 0.672. The third kappa shape index (κ3) is 2.46. The molecule has 4 heteroatoms. The molecule has 1 aliphatic rings. The van der Waals surface area contributed by atoms with Gasteiger partial charge in [0.05, 0.1) is 6.04 Å². The lowest BCUT2D eigenvalue weighted by Gasteiger charge is -2.24. The van der Waals surface area contributed by atoms with E-state index in [0.29, 0.717) is 0 Å². The molecule has 0 bridgehead atoms. The number of nitrogens with two attached hydrogens (primary N) is 1. The summed E-state index contributed by atoms with van der Waals surface area (Å²) in [4.78, 5) is 1.30. The zero-order valence-electron chi connectivity index (χ0n) is 11.3. The zero-order valence-corrected chi connectivity index (χ0v) is 12.1. The minimum absolute atomic E-state index is 0.0527. The Morgan fingerprint density at radius 3 is 2.85 bits per heavy atom. The fraction of sp³-hybridized carbons (Fsp3) is 0.250. The van der Waals surface area contributed by atoms with Crippen LogP contribution in [0.2, 0.25) is 0 Å². The minimum Gasteiger partial charge on any atom is -0.271 e. The van der Waals surface area contributed by atoms with E-state index in [1.54, 1.807) is 6.07 Å². The molecule has 3 N–H and O–H groups in total. The van der Waals surface area contributed by atoms with E-state index in [1.165, 1.54) is 16.5 Å². The Morgan fingerprint density at radius 2 is 2.10 bits per heavy atom. The summed E-state index contributed by atoms with van der Waals surface area (Å²) >= 11 is 1.81. The number of benzene rings is 2. The number of fused-ring (bicyclic) bond motifs is 1. The summed E-state index contributed by atoms with van der Waals surface area (Å²) in [6, 6.07) is 13.2.